The van der Waals surface area contributed by atoms with E-state index >= 15 is 0 Å². The predicted molar refractivity (Wildman–Crippen MR) is 67.1 cm³/mol. The molecule has 1 heterocycles. The lowest BCUT2D eigenvalue weighted by Gasteiger charge is -2.08. The fourth-order valence-electron chi connectivity index (χ4n) is 1.57. The van der Waals surface area contributed by atoms with Crippen LogP contribution in [0.5, 0.6) is 5.75 Å². The van der Waals surface area contributed by atoms with Gasteiger partial charge < -0.3 is 4.74 Å². The number of benzene rings is 1. The smallest absolute Gasteiger partial charge is 0.190 e. The summed E-state index contributed by atoms with van der Waals surface area (Å²) in [5.41, 5.74) is 2.54. The SMILES string of the molecule is Cc1ncsc1CCOc1c(F)cc(C#N)cc1F. The van der Waals surface area contributed by atoms with Gasteiger partial charge in [-0.2, -0.15) is 5.26 Å². The van der Waals surface area contributed by atoms with E-state index in [-0.39, 0.29) is 12.2 Å². The quantitative estimate of drug-likeness (QED) is 0.863. The van der Waals surface area contributed by atoms with Crippen LogP contribution < -0.4 is 4.74 Å². The third kappa shape index (κ3) is 3.06. The van der Waals surface area contributed by atoms with Crippen molar-refractivity contribution in [2.45, 2.75) is 13.3 Å². The van der Waals surface area contributed by atoms with Crippen molar-refractivity contribution in [1.29, 1.82) is 5.26 Å². The van der Waals surface area contributed by atoms with Crippen molar-refractivity contribution in [3.8, 4) is 11.8 Å². The van der Waals surface area contributed by atoms with Crippen LogP contribution in [-0.4, -0.2) is 11.6 Å². The van der Waals surface area contributed by atoms with Crippen LogP contribution in [0.4, 0.5) is 8.78 Å². The van der Waals surface area contributed by atoms with Crippen molar-refractivity contribution in [2.24, 2.45) is 0 Å². The second-order valence-electron chi connectivity index (χ2n) is 3.84. The summed E-state index contributed by atoms with van der Waals surface area (Å²) in [5.74, 6) is -2.17. The van der Waals surface area contributed by atoms with Crippen molar-refractivity contribution >= 4 is 11.3 Å². The van der Waals surface area contributed by atoms with Crippen LogP contribution in [0.25, 0.3) is 0 Å². The molecule has 0 unspecified atom stereocenters. The van der Waals surface area contributed by atoms with Gasteiger partial charge in [0.05, 0.1) is 29.4 Å². The van der Waals surface area contributed by atoms with Gasteiger partial charge in [0.25, 0.3) is 0 Å². The first-order chi connectivity index (χ1) is 9.11. The molecule has 0 saturated heterocycles. The maximum atomic E-state index is 13.5. The molecule has 2 aromatic rings. The molecule has 0 aliphatic rings. The van der Waals surface area contributed by atoms with Crippen molar-refractivity contribution in [3.05, 3.63) is 45.4 Å². The minimum absolute atomic E-state index is 0.0688. The molecule has 3 nitrogen and oxygen atoms in total. The van der Waals surface area contributed by atoms with Crippen LogP contribution in [0.1, 0.15) is 16.1 Å². The summed E-state index contributed by atoms with van der Waals surface area (Å²) in [6.07, 6.45) is 0.537. The normalized spacial score (nSPS) is 10.2. The first-order valence-corrected chi connectivity index (χ1v) is 6.40. The highest BCUT2D eigenvalue weighted by Crippen LogP contribution is 2.23. The highest BCUT2D eigenvalue weighted by atomic mass is 32.1. The van der Waals surface area contributed by atoms with Crippen molar-refractivity contribution in [1.82, 2.24) is 4.98 Å². The maximum absolute atomic E-state index is 13.5. The summed E-state index contributed by atoms with van der Waals surface area (Å²) >= 11 is 1.48. The summed E-state index contributed by atoms with van der Waals surface area (Å²) in [4.78, 5) is 5.10. The number of thiazole rings is 1. The van der Waals surface area contributed by atoms with Gasteiger partial charge in [-0.05, 0) is 19.1 Å². The third-order valence-electron chi connectivity index (χ3n) is 2.55. The van der Waals surface area contributed by atoms with Gasteiger partial charge in [0.15, 0.2) is 17.4 Å². The van der Waals surface area contributed by atoms with Gasteiger partial charge in [-0.25, -0.2) is 13.8 Å². The van der Waals surface area contributed by atoms with Crippen molar-refractivity contribution in [3.63, 3.8) is 0 Å². The van der Waals surface area contributed by atoms with E-state index in [9.17, 15) is 8.78 Å². The van der Waals surface area contributed by atoms with E-state index in [4.69, 9.17) is 10.00 Å². The zero-order valence-electron chi connectivity index (χ0n) is 10.1. The minimum atomic E-state index is -0.863. The minimum Gasteiger partial charge on any atom is -0.487 e. The lowest BCUT2D eigenvalue weighted by atomic mass is 10.2. The Bertz CT molecular complexity index is 611. The maximum Gasteiger partial charge on any atom is 0.190 e. The summed E-state index contributed by atoms with van der Waals surface area (Å²) in [6.45, 7) is 2.03. The fraction of sp³-hybridized carbons (Fsp3) is 0.231. The van der Waals surface area contributed by atoms with E-state index in [0.29, 0.717) is 6.42 Å². The van der Waals surface area contributed by atoms with Crippen LogP contribution >= 0.6 is 11.3 Å². The number of nitriles is 1. The number of aromatic nitrogens is 1. The third-order valence-corrected chi connectivity index (χ3v) is 3.54. The van der Waals surface area contributed by atoms with E-state index in [0.717, 1.165) is 22.7 Å². The summed E-state index contributed by atoms with van der Waals surface area (Å²) in [7, 11) is 0. The van der Waals surface area contributed by atoms with E-state index in [1.165, 1.54) is 11.3 Å². The summed E-state index contributed by atoms with van der Waals surface area (Å²) < 4.78 is 32.1. The van der Waals surface area contributed by atoms with Crippen LogP contribution in [0.15, 0.2) is 17.6 Å². The zero-order valence-corrected chi connectivity index (χ0v) is 10.9. The second-order valence-corrected chi connectivity index (χ2v) is 4.78. The Labute approximate surface area is 113 Å². The van der Waals surface area contributed by atoms with Crippen LogP contribution in [0.3, 0.4) is 0 Å². The summed E-state index contributed by atoms with van der Waals surface area (Å²) in [5, 5.41) is 8.58. The average molecular weight is 280 g/mol. The molecule has 0 aliphatic heterocycles. The molecular formula is C13H10F2N2OS. The molecule has 0 aliphatic carbocycles. The molecule has 0 fully saturated rings. The van der Waals surface area contributed by atoms with Gasteiger partial charge in [-0.3, -0.25) is 0 Å². The van der Waals surface area contributed by atoms with E-state index in [1.54, 1.807) is 11.6 Å². The molecular weight excluding hydrogens is 270 g/mol. The molecule has 0 atom stereocenters. The van der Waals surface area contributed by atoms with Crippen molar-refractivity contribution in [2.75, 3.05) is 6.61 Å². The van der Waals surface area contributed by atoms with Crippen LogP contribution in [-0.2, 0) is 6.42 Å². The first kappa shape index (κ1) is 13.4. The number of aryl methyl sites for hydroxylation is 1. The molecule has 1 aromatic carbocycles. The molecule has 0 radical (unpaired) electrons. The molecule has 19 heavy (non-hydrogen) atoms. The molecule has 0 amide bonds. The Morgan fingerprint density at radius 1 is 1.37 bits per heavy atom. The monoisotopic (exact) mass is 280 g/mol. The summed E-state index contributed by atoms with van der Waals surface area (Å²) in [6, 6.07) is 3.59. The van der Waals surface area contributed by atoms with Gasteiger partial charge in [0.2, 0.25) is 0 Å². The zero-order chi connectivity index (χ0) is 13.8. The predicted octanol–water partition coefficient (Wildman–Crippen LogP) is 3.22. The number of hydrogen-bond donors (Lipinski definition) is 0. The van der Waals surface area contributed by atoms with Gasteiger partial charge >= 0.3 is 0 Å². The molecule has 0 spiro atoms. The number of rotatable bonds is 4. The molecule has 2 rings (SSSR count). The molecule has 0 bridgehead atoms. The standard InChI is InChI=1S/C13H10F2N2OS/c1-8-12(19-7-17-8)2-3-18-13-10(14)4-9(6-16)5-11(13)15/h4-5,7H,2-3H2,1H3. The Morgan fingerprint density at radius 2 is 2.05 bits per heavy atom. The number of halogens is 2. The second kappa shape index (κ2) is 5.76. The van der Waals surface area contributed by atoms with E-state index in [1.807, 2.05) is 6.92 Å². The lowest BCUT2D eigenvalue weighted by Crippen LogP contribution is -2.05. The molecule has 98 valence electrons. The lowest BCUT2D eigenvalue weighted by molar-refractivity contribution is 0.289. The van der Waals surface area contributed by atoms with Crippen LogP contribution in [0, 0.1) is 29.9 Å². The fourth-order valence-corrected chi connectivity index (χ4v) is 2.34. The van der Waals surface area contributed by atoms with Gasteiger partial charge in [-0.1, -0.05) is 0 Å². The largest absolute Gasteiger partial charge is 0.487 e. The molecule has 0 saturated carbocycles. The molecule has 1 aromatic heterocycles. The van der Waals surface area contributed by atoms with E-state index < -0.39 is 17.4 Å². The average Bonchev–Trinajstić information content (AvgIpc) is 2.78. The Morgan fingerprint density at radius 3 is 2.58 bits per heavy atom. The van der Waals surface area contributed by atoms with Gasteiger partial charge in [0.1, 0.15) is 0 Å². The van der Waals surface area contributed by atoms with Crippen molar-refractivity contribution < 1.29 is 13.5 Å². The number of nitrogens with zero attached hydrogens (tertiary/aromatic N) is 2. The molecule has 6 heteroatoms. The number of hydrogen-bond acceptors (Lipinski definition) is 4. The van der Waals surface area contributed by atoms with Crippen LogP contribution in [0.2, 0.25) is 0 Å². The Balaban J connectivity index is 2.04. The van der Waals surface area contributed by atoms with Gasteiger partial charge in [0, 0.05) is 11.3 Å². The van der Waals surface area contributed by atoms with E-state index in [2.05, 4.69) is 4.98 Å². The van der Waals surface area contributed by atoms with Gasteiger partial charge in [-0.15, -0.1) is 11.3 Å². The number of ether oxygens (including phenoxy) is 1. The topological polar surface area (TPSA) is 45.9 Å². The highest BCUT2D eigenvalue weighted by molar-refractivity contribution is 7.09. The highest BCUT2D eigenvalue weighted by Gasteiger charge is 2.13. The molecule has 0 N–H and O–H groups in total. The Hall–Kier alpha value is -2.00. The Kier molecular flexibility index (Phi) is 4.07. The first-order valence-electron chi connectivity index (χ1n) is 5.52.